The van der Waals surface area contributed by atoms with Crippen LogP contribution in [0.4, 0.5) is 0 Å². The summed E-state index contributed by atoms with van der Waals surface area (Å²) < 4.78 is 2.26. The molecule has 2 amide bonds. The van der Waals surface area contributed by atoms with Crippen molar-refractivity contribution >= 4 is 11.8 Å². The van der Waals surface area contributed by atoms with E-state index in [9.17, 15) is 9.59 Å². The molecule has 35 heavy (non-hydrogen) atoms. The van der Waals surface area contributed by atoms with Crippen molar-refractivity contribution in [2.24, 2.45) is 0 Å². The van der Waals surface area contributed by atoms with Gasteiger partial charge in [-0.05, 0) is 38.7 Å². The summed E-state index contributed by atoms with van der Waals surface area (Å²) in [5.41, 5.74) is 3.12. The average molecular weight is 471 g/mol. The normalized spacial score (nSPS) is 16.5. The van der Waals surface area contributed by atoms with Crippen LogP contribution in [0.15, 0.2) is 60.7 Å². The standard InChI is InChI=1S/C29H34N4O2/c1-29(2,23-14-8-4-9-15-23)28(35)32-20-18-31(19-21-32)27(34)25-24-16-10-5-11-17-33(24)26(30-25)22-12-6-3-7-13-22/h3-4,6-9,12-15H,5,10-11,16-21H2,1-2H3. The molecular weight excluding hydrogens is 436 g/mol. The third-order valence-electron chi connectivity index (χ3n) is 7.49. The summed E-state index contributed by atoms with van der Waals surface area (Å²) >= 11 is 0. The van der Waals surface area contributed by atoms with Crippen molar-refractivity contribution in [2.75, 3.05) is 26.2 Å². The molecule has 1 aromatic heterocycles. The Balaban J connectivity index is 1.33. The molecule has 2 aliphatic heterocycles. The number of hydrogen-bond acceptors (Lipinski definition) is 3. The van der Waals surface area contributed by atoms with Crippen LogP contribution in [0.25, 0.3) is 11.4 Å². The first-order valence-corrected chi connectivity index (χ1v) is 12.8. The van der Waals surface area contributed by atoms with Crippen molar-refractivity contribution in [3.63, 3.8) is 0 Å². The summed E-state index contributed by atoms with van der Waals surface area (Å²) in [6.07, 6.45) is 4.23. The molecule has 182 valence electrons. The molecule has 0 bridgehead atoms. The van der Waals surface area contributed by atoms with Gasteiger partial charge in [0.2, 0.25) is 5.91 Å². The molecule has 0 saturated carbocycles. The van der Waals surface area contributed by atoms with Crippen LogP contribution in [0.2, 0.25) is 0 Å². The average Bonchev–Trinajstić information content (AvgIpc) is 3.09. The van der Waals surface area contributed by atoms with Crippen LogP contribution in [0.5, 0.6) is 0 Å². The number of fused-ring (bicyclic) bond motifs is 1. The monoisotopic (exact) mass is 470 g/mol. The van der Waals surface area contributed by atoms with Crippen LogP contribution in [-0.4, -0.2) is 57.3 Å². The zero-order valence-corrected chi connectivity index (χ0v) is 20.7. The maximum Gasteiger partial charge on any atom is 0.274 e. The van der Waals surface area contributed by atoms with E-state index in [4.69, 9.17) is 4.98 Å². The van der Waals surface area contributed by atoms with E-state index in [-0.39, 0.29) is 11.8 Å². The smallest absolute Gasteiger partial charge is 0.274 e. The highest BCUT2D eigenvalue weighted by Gasteiger charge is 2.36. The second-order valence-electron chi connectivity index (χ2n) is 10.1. The molecule has 0 N–H and O–H groups in total. The Morgan fingerprint density at radius 2 is 1.40 bits per heavy atom. The number of nitrogens with zero attached hydrogens (tertiary/aromatic N) is 4. The van der Waals surface area contributed by atoms with E-state index in [1.54, 1.807) is 0 Å². The first-order valence-electron chi connectivity index (χ1n) is 12.8. The summed E-state index contributed by atoms with van der Waals surface area (Å²) in [4.78, 5) is 35.7. The van der Waals surface area contributed by atoms with Crippen molar-refractivity contribution in [2.45, 2.75) is 51.5 Å². The number of hydrogen-bond donors (Lipinski definition) is 0. The Kier molecular flexibility index (Phi) is 6.46. The molecule has 0 radical (unpaired) electrons. The van der Waals surface area contributed by atoms with Crippen molar-refractivity contribution in [3.8, 4) is 11.4 Å². The number of benzene rings is 2. The summed E-state index contributed by atoms with van der Waals surface area (Å²) in [6.45, 7) is 7.01. The van der Waals surface area contributed by atoms with Gasteiger partial charge >= 0.3 is 0 Å². The van der Waals surface area contributed by atoms with Gasteiger partial charge in [-0.1, -0.05) is 67.1 Å². The maximum atomic E-state index is 13.7. The first kappa shape index (κ1) is 23.3. The Hall–Kier alpha value is -3.41. The fourth-order valence-corrected chi connectivity index (χ4v) is 5.33. The summed E-state index contributed by atoms with van der Waals surface area (Å²) in [5, 5.41) is 0. The van der Waals surface area contributed by atoms with Gasteiger partial charge in [0.1, 0.15) is 11.5 Å². The number of piperazine rings is 1. The lowest BCUT2D eigenvalue weighted by molar-refractivity contribution is -0.137. The topological polar surface area (TPSA) is 58.4 Å². The van der Waals surface area contributed by atoms with Gasteiger partial charge in [-0.25, -0.2) is 4.98 Å². The first-order chi connectivity index (χ1) is 17.0. The van der Waals surface area contributed by atoms with Gasteiger partial charge in [0.05, 0.1) is 11.1 Å². The summed E-state index contributed by atoms with van der Waals surface area (Å²) in [6, 6.07) is 20.1. The van der Waals surface area contributed by atoms with E-state index in [2.05, 4.69) is 16.7 Å². The molecular formula is C29H34N4O2. The van der Waals surface area contributed by atoms with Gasteiger partial charge in [-0.2, -0.15) is 0 Å². The minimum atomic E-state index is -0.598. The Labute approximate surface area is 207 Å². The summed E-state index contributed by atoms with van der Waals surface area (Å²) in [5.74, 6) is 0.995. The second-order valence-corrected chi connectivity index (χ2v) is 10.1. The fourth-order valence-electron chi connectivity index (χ4n) is 5.33. The molecule has 2 aromatic carbocycles. The zero-order valence-electron chi connectivity index (χ0n) is 20.7. The third kappa shape index (κ3) is 4.49. The van der Waals surface area contributed by atoms with Crippen molar-refractivity contribution in [1.29, 1.82) is 0 Å². The molecule has 2 aliphatic rings. The SMILES string of the molecule is CC(C)(C(=O)N1CCN(C(=O)c2nc(-c3ccccc3)n3c2CCCCC3)CC1)c1ccccc1. The lowest BCUT2D eigenvalue weighted by Crippen LogP contribution is -2.54. The zero-order chi connectivity index (χ0) is 24.4. The van der Waals surface area contributed by atoms with Crippen molar-refractivity contribution in [1.82, 2.24) is 19.4 Å². The van der Waals surface area contributed by atoms with E-state index in [1.807, 2.05) is 72.2 Å². The number of carbonyl (C=O) groups is 2. The minimum absolute atomic E-state index is 0.00718. The Morgan fingerprint density at radius 1 is 0.771 bits per heavy atom. The molecule has 0 aliphatic carbocycles. The van der Waals surface area contributed by atoms with Gasteiger partial charge in [0.25, 0.3) is 5.91 Å². The fraction of sp³-hybridized carbons (Fsp3) is 0.414. The van der Waals surface area contributed by atoms with E-state index in [0.717, 1.165) is 48.5 Å². The van der Waals surface area contributed by atoms with E-state index in [0.29, 0.717) is 31.9 Å². The van der Waals surface area contributed by atoms with Crippen LogP contribution >= 0.6 is 0 Å². The molecule has 3 heterocycles. The molecule has 5 rings (SSSR count). The largest absolute Gasteiger partial charge is 0.338 e. The molecule has 6 heteroatoms. The van der Waals surface area contributed by atoms with Crippen LogP contribution in [-0.2, 0) is 23.2 Å². The highest BCUT2D eigenvalue weighted by atomic mass is 16.2. The van der Waals surface area contributed by atoms with Gasteiger partial charge in [0, 0.05) is 38.3 Å². The lowest BCUT2D eigenvalue weighted by Gasteiger charge is -2.38. The third-order valence-corrected chi connectivity index (χ3v) is 7.49. The highest BCUT2D eigenvalue weighted by molar-refractivity contribution is 5.95. The summed E-state index contributed by atoms with van der Waals surface area (Å²) in [7, 11) is 0. The lowest BCUT2D eigenvalue weighted by atomic mass is 9.83. The van der Waals surface area contributed by atoms with Crippen molar-refractivity contribution < 1.29 is 9.59 Å². The van der Waals surface area contributed by atoms with E-state index < -0.39 is 5.41 Å². The number of amides is 2. The van der Waals surface area contributed by atoms with Crippen LogP contribution in [0.3, 0.4) is 0 Å². The minimum Gasteiger partial charge on any atom is -0.338 e. The maximum absolute atomic E-state index is 13.7. The van der Waals surface area contributed by atoms with Crippen LogP contribution < -0.4 is 0 Å². The van der Waals surface area contributed by atoms with E-state index in [1.165, 1.54) is 6.42 Å². The number of carbonyl (C=O) groups excluding carboxylic acids is 2. The molecule has 6 nitrogen and oxygen atoms in total. The molecule has 0 spiro atoms. The molecule has 1 fully saturated rings. The van der Waals surface area contributed by atoms with Gasteiger partial charge in [0.15, 0.2) is 0 Å². The predicted molar refractivity (Wildman–Crippen MR) is 137 cm³/mol. The number of rotatable bonds is 4. The molecule has 0 unspecified atom stereocenters. The van der Waals surface area contributed by atoms with Gasteiger partial charge < -0.3 is 14.4 Å². The van der Waals surface area contributed by atoms with Gasteiger partial charge in [-0.3, -0.25) is 9.59 Å². The molecule has 0 atom stereocenters. The van der Waals surface area contributed by atoms with Crippen LogP contribution in [0, 0.1) is 0 Å². The molecule has 1 saturated heterocycles. The number of aromatic nitrogens is 2. The Bertz CT molecular complexity index is 1190. The van der Waals surface area contributed by atoms with Crippen LogP contribution in [0.1, 0.15) is 54.9 Å². The highest BCUT2D eigenvalue weighted by Crippen LogP contribution is 2.29. The Morgan fingerprint density at radius 3 is 2.09 bits per heavy atom. The van der Waals surface area contributed by atoms with E-state index >= 15 is 0 Å². The molecule has 3 aromatic rings. The number of imidazole rings is 1. The second kappa shape index (κ2) is 9.68. The predicted octanol–water partition coefficient (Wildman–Crippen LogP) is 4.54. The van der Waals surface area contributed by atoms with Crippen molar-refractivity contribution in [3.05, 3.63) is 77.6 Å². The quantitative estimate of drug-likeness (QED) is 0.563. The van der Waals surface area contributed by atoms with Gasteiger partial charge in [-0.15, -0.1) is 0 Å².